The standard InChI is InChI=1S/C18H23FN4O/c1-21-11-3-2-6-23(9-11)15-5-4-12(18(20)24)17-16(15)13-7-10(19)8-14(13)22-17/h4-5,10-11,21-22H,2-3,6-9H2,1H3,(H2,20,24)/t10?,11-/m0/s1. The molecule has 0 radical (unpaired) electrons. The molecule has 128 valence electrons. The Hall–Kier alpha value is -2.08. The maximum absolute atomic E-state index is 13.9. The molecule has 0 bridgehead atoms. The second-order valence-corrected chi connectivity index (χ2v) is 6.91. The number of nitrogens with two attached hydrogens (primary N) is 1. The van der Waals surface area contributed by atoms with Gasteiger partial charge in [0.1, 0.15) is 6.17 Å². The molecule has 0 saturated carbocycles. The smallest absolute Gasteiger partial charge is 0.250 e. The topological polar surface area (TPSA) is 74.2 Å². The highest BCUT2D eigenvalue weighted by Gasteiger charge is 2.30. The molecule has 1 aromatic carbocycles. The second kappa shape index (κ2) is 5.77. The summed E-state index contributed by atoms with van der Waals surface area (Å²) in [5.74, 6) is -0.449. The lowest BCUT2D eigenvalue weighted by Gasteiger charge is -2.35. The quantitative estimate of drug-likeness (QED) is 0.804. The number of aromatic nitrogens is 1. The van der Waals surface area contributed by atoms with Crippen molar-refractivity contribution in [2.75, 3.05) is 25.0 Å². The van der Waals surface area contributed by atoms with E-state index < -0.39 is 12.1 Å². The van der Waals surface area contributed by atoms with Gasteiger partial charge in [-0.1, -0.05) is 0 Å². The van der Waals surface area contributed by atoms with E-state index in [2.05, 4.69) is 15.2 Å². The first-order valence-corrected chi connectivity index (χ1v) is 8.61. The Morgan fingerprint density at radius 2 is 2.25 bits per heavy atom. The van der Waals surface area contributed by atoms with Crippen LogP contribution in [0.3, 0.4) is 0 Å². The molecule has 2 heterocycles. The minimum Gasteiger partial charge on any atom is -0.369 e. The van der Waals surface area contributed by atoms with Crippen LogP contribution in [-0.4, -0.2) is 43.2 Å². The molecule has 4 rings (SSSR count). The van der Waals surface area contributed by atoms with E-state index in [1.807, 2.05) is 13.1 Å². The van der Waals surface area contributed by atoms with Gasteiger partial charge in [0, 0.05) is 48.7 Å². The summed E-state index contributed by atoms with van der Waals surface area (Å²) in [6.45, 7) is 1.89. The normalized spacial score (nSPS) is 23.7. The Balaban J connectivity index is 1.87. The molecule has 1 amide bonds. The number of amides is 1. The van der Waals surface area contributed by atoms with Crippen LogP contribution in [0.5, 0.6) is 0 Å². The molecular formula is C18H23FN4O. The largest absolute Gasteiger partial charge is 0.369 e. The second-order valence-electron chi connectivity index (χ2n) is 6.91. The molecule has 2 aromatic rings. The summed E-state index contributed by atoms with van der Waals surface area (Å²) in [4.78, 5) is 17.4. The number of halogens is 1. The Kier molecular flexibility index (Phi) is 3.72. The molecular weight excluding hydrogens is 307 g/mol. The monoisotopic (exact) mass is 330 g/mol. The molecule has 1 aliphatic heterocycles. The number of benzene rings is 1. The van der Waals surface area contributed by atoms with Crippen LogP contribution in [0.4, 0.5) is 10.1 Å². The van der Waals surface area contributed by atoms with E-state index in [0.29, 0.717) is 24.4 Å². The highest BCUT2D eigenvalue weighted by molar-refractivity contribution is 6.10. The first-order chi connectivity index (χ1) is 11.6. The highest BCUT2D eigenvalue weighted by atomic mass is 19.1. The van der Waals surface area contributed by atoms with Crippen molar-refractivity contribution in [3.05, 3.63) is 29.0 Å². The van der Waals surface area contributed by atoms with Gasteiger partial charge < -0.3 is 20.9 Å². The number of hydrogen-bond acceptors (Lipinski definition) is 3. The fraction of sp³-hybridized carbons (Fsp3) is 0.500. The number of hydrogen-bond donors (Lipinski definition) is 3. The van der Waals surface area contributed by atoms with Gasteiger partial charge in [0.25, 0.3) is 5.91 Å². The molecule has 6 heteroatoms. The lowest BCUT2D eigenvalue weighted by Crippen LogP contribution is -2.44. The number of anilines is 1. The van der Waals surface area contributed by atoms with Gasteiger partial charge in [-0.25, -0.2) is 4.39 Å². The van der Waals surface area contributed by atoms with Gasteiger partial charge in [0.05, 0.1) is 11.1 Å². The predicted octanol–water partition coefficient (Wildman–Crippen LogP) is 1.89. The Bertz CT molecular complexity index is 800. The zero-order chi connectivity index (χ0) is 16.8. The molecule has 0 spiro atoms. The Morgan fingerprint density at radius 3 is 3.00 bits per heavy atom. The SMILES string of the molecule is CN[C@H]1CCCN(c2ccc(C(N)=O)c3[nH]c4c(c23)CC(F)C4)C1. The van der Waals surface area contributed by atoms with Crippen molar-refractivity contribution in [2.24, 2.45) is 5.73 Å². The molecule has 24 heavy (non-hydrogen) atoms. The van der Waals surface area contributed by atoms with E-state index in [4.69, 9.17) is 5.73 Å². The van der Waals surface area contributed by atoms with E-state index in [9.17, 15) is 9.18 Å². The summed E-state index contributed by atoms with van der Waals surface area (Å²) in [5.41, 5.74) is 9.81. The number of carbonyl (C=O) groups is 1. The molecule has 2 atom stereocenters. The van der Waals surface area contributed by atoms with Gasteiger partial charge in [0.15, 0.2) is 0 Å². The van der Waals surface area contributed by atoms with Crippen molar-refractivity contribution in [1.29, 1.82) is 0 Å². The summed E-state index contributed by atoms with van der Waals surface area (Å²) < 4.78 is 13.9. The number of H-pyrrole nitrogens is 1. The number of likely N-dealkylation sites (N-methyl/N-ethyl adjacent to an activating group) is 1. The van der Waals surface area contributed by atoms with Crippen molar-refractivity contribution in [1.82, 2.24) is 10.3 Å². The molecule has 1 saturated heterocycles. The van der Waals surface area contributed by atoms with Crippen molar-refractivity contribution in [2.45, 2.75) is 37.9 Å². The van der Waals surface area contributed by atoms with Crippen molar-refractivity contribution in [3.63, 3.8) is 0 Å². The maximum atomic E-state index is 13.9. The fourth-order valence-corrected chi connectivity index (χ4v) is 4.22. The number of rotatable bonds is 3. The average Bonchev–Trinajstić information content (AvgIpc) is 3.09. The minimum atomic E-state index is -0.841. The lowest BCUT2D eigenvalue weighted by atomic mass is 10.0. The van der Waals surface area contributed by atoms with Gasteiger partial charge in [0.2, 0.25) is 0 Å². The molecule has 2 aliphatic rings. The van der Waals surface area contributed by atoms with E-state index in [0.717, 1.165) is 53.8 Å². The molecule has 1 unspecified atom stereocenters. The van der Waals surface area contributed by atoms with Crippen LogP contribution in [0.15, 0.2) is 12.1 Å². The van der Waals surface area contributed by atoms with Crippen LogP contribution in [0, 0.1) is 0 Å². The number of nitrogens with one attached hydrogen (secondary N) is 2. The van der Waals surface area contributed by atoms with Crippen LogP contribution in [0.25, 0.3) is 10.9 Å². The third-order valence-electron chi connectivity index (χ3n) is 5.41. The van der Waals surface area contributed by atoms with E-state index in [1.54, 1.807) is 6.07 Å². The molecule has 1 aliphatic carbocycles. The predicted molar refractivity (Wildman–Crippen MR) is 93.4 cm³/mol. The fourth-order valence-electron chi connectivity index (χ4n) is 4.22. The number of piperidine rings is 1. The molecule has 1 fully saturated rings. The average molecular weight is 330 g/mol. The van der Waals surface area contributed by atoms with Gasteiger partial charge in [-0.05, 0) is 37.6 Å². The molecule has 5 nitrogen and oxygen atoms in total. The van der Waals surface area contributed by atoms with Crippen molar-refractivity contribution < 1.29 is 9.18 Å². The van der Waals surface area contributed by atoms with Gasteiger partial charge in [-0.2, -0.15) is 0 Å². The third-order valence-corrected chi connectivity index (χ3v) is 5.41. The van der Waals surface area contributed by atoms with Crippen LogP contribution >= 0.6 is 0 Å². The summed E-state index contributed by atoms with van der Waals surface area (Å²) in [7, 11) is 1.99. The number of alkyl halides is 1. The van der Waals surface area contributed by atoms with E-state index in [-0.39, 0.29) is 0 Å². The Morgan fingerprint density at radius 1 is 1.42 bits per heavy atom. The first-order valence-electron chi connectivity index (χ1n) is 8.61. The number of carbonyl (C=O) groups excluding carboxylic acids is 1. The van der Waals surface area contributed by atoms with Gasteiger partial charge in [-0.3, -0.25) is 4.79 Å². The maximum Gasteiger partial charge on any atom is 0.250 e. The molecule has 4 N–H and O–H groups in total. The van der Waals surface area contributed by atoms with Crippen LogP contribution in [-0.2, 0) is 12.8 Å². The van der Waals surface area contributed by atoms with Crippen LogP contribution in [0.1, 0.15) is 34.5 Å². The van der Waals surface area contributed by atoms with Crippen LogP contribution < -0.4 is 16.0 Å². The van der Waals surface area contributed by atoms with Crippen molar-refractivity contribution in [3.8, 4) is 0 Å². The number of primary amides is 1. The summed E-state index contributed by atoms with van der Waals surface area (Å²) in [6.07, 6.45) is 2.23. The highest BCUT2D eigenvalue weighted by Crippen LogP contribution is 2.39. The summed E-state index contributed by atoms with van der Waals surface area (Å²) in [6, 6.07) is 4.22. The summed E-state index contributed by atoms with van der Waals surface area (Å²) >= 11 is 0. The lowest BCUT2D eigenvalue weighted by molar-refractivity contribution is 0.100. The van der Waals surface area contributed by atoms with E-state index in [1.165, 1.54) is 0 Å². The van der Waals surface area contributed by atoms with Crippen molar-refractivity contribution >= 4 is 22.5 Å². The zero-order valence-electron chi connectivity index (χ0n) is 13.9. The summed E-state index contributed by atoms with van der Waals surface area (Å²) in [5, 5.41) is 4.34. The van der Waals surface area contributed by atoms with Crippen LogP contribution in [0.2, 0.25) is 0 Å². The molecule has 1 aromatic heterocycles. The third kappa shape index (κ3) is 2.36. The zero-order valence-corrected chi connectivity index (χ0v) is 13.9. The van der Waals surface area contributed by atoms with Gasteiger partial charge >= 0.3 is 0 Å². The Labute approximate surface area is 140 Å². The number of aromatic amines is 1. The minimum absolute atomic E-state index is 0.390. The van der Waals surface area contributed by atoms with Gasteiger partial charge in [-0.15, -0.1) is 0 Å². The number of fused-ring (bicyclic) bond motifs is 3. The number of nitrogens with zero attached hydrogens (tertiary/aromatic N) is 1. The first kappa shape index (κ1) is 15.4. The van der Waals surface area contributed by atoms with E-state index >= 15 is 0 Å².